The van der Waals surface area contributed by atoms with Crippen LogP contribution in [-0.4, -0.2) is 29.9 Å². The molecular formula is C33H32FNO4P+. The van der Waals surface area contributed by atoms with Crippen molar-refractivity contribution in [2.75, 3.05) is 11.4 Å². The van der Waals surface area contributed by atoms with Crippen LogP contribution in [0.2, 0.25) is 0 Å². The summed E-state index contributed by atoms with van der Waals surface area (Å²) in [6.45, 7) is 5.55. The minimum atomic E-state index is -2.45. The van der Waals surface area contributed by atoms with Crippen molar-refractivity contribution in [1.82, 2.24) is 0 Å². The van der Waals surface area contributed by atoms with Crippen molar-refractivity contribution >= 4 is 40.9 Å². The summed E-state index contributed by atoms with van der Waals surface area (Å²) in [4.78, 5) is 28.0. The zero-order chi connectivity index (χ0) is 28.3. The second kappa shape index (κ2) is 11.2. The average molecular weight is 557 g/mol. The van der Waals surface area contributed by atoms with Crippen LogP contribution in [0.5, 0.6) is 5.75 Å². The van der Waals surface area contributed by atoms with Crippen molar-refractivity contribution in [3.05, 3.63) is 115 Å². The third-order valence-corrected chi connectivity index (χ3v) is 11.7. The number of benzene rings is 4. The monoisotopic (exact) mass is 556 g/mol. The molecule has 0 N–H and O–H groups in total. The highest BCUT2D eigenvalue weighted by molar-refractivity contribution is 7.97. The number of hydrogen-bond acceptors (Lipinski definition) is 4. The maximum atomic E-state index is 15.1. The molecule has 1 unspecified atom stereocenters. The number of rotatable bonds is 6. The van der Waals surface area contributed by atoms with Gasteiger partial charge in [-0.2, -0.15) is 0 Å². The summed E-state index contributed by atoms with van der Waals surface area (Å²) in [6, 6.07) is 35.0. The van der Waals surface area contributed by atoms with Crippen LogP contribution in [0, 0.1) is 5.82 Å². The van der Waals surface area contributed by atoms with Crippen molar-refractivity contribution < 1.29 is 23.5 Å². The Kier molecular flexibility index (Phi) is 7.73. The summed E-state index contributed by atoms with van der Waals surface area (Å²) in [7, 11) is -2.45. The summed E-state index contributed by atoms with van der Waals surface area (Å²) in [6.07, 6.45) is -0.372. The number of amides is 1. The first kappa shape index (κ1) is 27.5. The predicted molar refractivity (Wildman–Crippen MR) is 159 cm³/mol. The fourth-order valence-electron chi connectivity index (χ4n) is 5.36. The molecule has 0 aliphatic carbocycles. The molecule has 7 heteroatoms. The molecule has 40 heavy (non-hydrogen) atoms. The molecule has 4 aromatic rings. The van der Waals surface area contributed by atoms with E-state index in [0.717, 1.165) is 15.9 Å². The van der Waals surface area contributed by atoms with E-state index in [-0.39, 0.29) is 17.3 Å². The zero-order valence-electron chi connectivity index (χ0n) is 22.8. The lowest BCUT2D eigenvalue weighted by Gasteiger charge is -2.32. The van der Waals surface area contributed by atoms with Crippen molar-refractivity contribution in [3.63, 3.8) is 0 Å². The SMILES string of the molecule is CC(C)(C)OC(=O)Oc1ccc(N2CCC([P+](c3ccccc3)(c3ccccc3)c3ccccc3)C2=O)cc1F. The fraction of sp³-hybridized carbons (Fsp3) is 0.212. The standard InChI is InChI=1S/C33H32FNO4P/c1-33(2,3)39-32(37)38-29-20-19-24(23-28(29)34)35-22-21-30(31(35)36)40(25-13-7-4-8-14-25,26-15-9-5-10-16-26)27-17-11-6-12-18-27/h4-20,23,30H,21-22H2,1-3H3/q+1. The smallest absolute Gasteiger partial charge is 0.428 e. The molecule has 204 valence electrons. The van der Waals surface area contributed by atoms with Gasteiger partial charge in [0.05, 0.1) is 0 Å². The maximum Gasteiger partial charge on any atom is 0.514 e. The molecule has 1 atom stereocenters. The summed E-state index contributed by atoms with van der Waals surface area (Å²) >= 11 is 0. The number of ether oxygens (including phenoxy) is 2. The van der Waals surface area contributed by atoms with Crippen LogP contribution in [0.25, 0.3) is 0 Å². The Morgan fingerprint density at radius 1 is 0.825 bits per heavy atom. The molecular weight excluding hydrogens is 524 g/mol. The number of carbonyl (C=O) groups is 2. The summed E-state index contributed by atoms with van der Waals surface area (Å²) in [5, 5.41) is 3.37. The summed E-state index contributed by atoms with van der Waals surface area (Å²) in [5.41, 5.74) is -0.676. The van der Waals surface area contributed by atoms with Crippen molar-refractivity contribution in [2.24, 2.45) is 0 Å². The Hall–Kier alpha value is -4.02. The number of nitrogens with zero attached hydrogens (tertiary/aromatic N) is 1. The molecule has 0 spiro atoms. The van der Waals surface area contributed by atoms with Crippen LogP contribution in [0.1, 0.15) is 27.2 Å². The number of hydrogen-bond donors (Lipinski definition) is 0. The minimum absolute atomic E-state index is 0.0508. The summed E-state index contributed by atoms with van der Waals surface area (Å²) in [5.74, 6) is -1.04. The van der Waals surface area contributed by atoms with Crippen LogP contribution < -0.4 is 25.6 Å². The Morgan fingerprint density at radius 3 is 1.77 bits per heavy atom. The highest BCUT2D eigenvalue weighted by atomic mass is 31.2. The van der Waals surface area contributed by atoms with E-state index in [1.807, 2.05) is 54.6 Å². The van der Waals surface area contributed by atoms with Gasteiger partial charge in [0.15, 0.2) is 17.2 Å². The Bertz CT molecular complexity index is 1390. The van der Waals surface area contributed by atoms with Gasteiger partial charge in [-0.3, -0.25) is 4.79 Å². The lowest BCUT2D eigenvalue weighted by Crippen LogP contribution is -2.42. The molecule has 1 saturated heterocycles. The third kappa shape index (κ3) is 5.37. The topological polar surface area (TPSA) is 55.8 Å². The molecule has 1 fully saturated rings. The molecule has 5 rings (SSSR count). The van der Waals surface area contributed by atoms with Gasteiger partial charge in [0.1, 0.15) is 28.8 Å². The van der Waals surface area contributed by atoms with Crippen LogP contribution in [0.15, 0.2) is 109 Å². The largest absolute Gasteiger partial charge is 0.514 e. The molecule has 5 nitrogen and oxygen atoms in total. The van der Waals surface area contributed by atoms with E-state index in [1.54, 1.807) is 31.7 Å². The van der Waals surface area contributed by atoms with Gasteiger partial charge in [-0.25, -0.2) is 9.18 Å². The highest BCUT2D eigenvalue weighted by Crippen LogP contribution is 2.62. The Labute approximate surface area is 234 Å². The molecule has 0 radical (unpaired) electrons. The van der Waals surface area contributed by atoms with Crippen molar-refractivity contribution in [3.8, 4) is 5.75 Å². The van der Waals surface area contributed by atoms with Gasteiger partial charge in [-0.05, 0) is 69.3 Å². The third-order valence-electron chi connectivity index (χ3n) is 6.95. The van der Waals surface area contributed by atoms with Crippen LogP contribution in [-0.2, 0) is 9.53 Å². The maximum absolute atomic E-state index is 15.1. The molecule has 4 aromatic carbocycles. The van der Waals surface area contributed by atoms with Crippen LogP contribution >= 0.6 is 7.26 Å². The normalized spacial score (nSPS) is 15.7. The number of carbonyl (C=O) groups excluding carboxylic acids is 2. The Balaban J connectivity index is 1.53. The molecule has 0 bridgehead atoms. The van der Waals surface area contributed by atoms with Crippen molar-refractivity contribution in [2.45, 2.75) is 38.5 Å². The fourth-order valence-corrected chi connectivity index (χ4v) is 10.2. The minimum Gasteiger partial charge on any atom is -0.428 e. The molecule has 1 aliphatic rings. The summed E-state index contributed by atoms with van der Waals surface area (Å²) < 4.78 is 25.3. The van der Waals surface area contributed by atoms with E-state index < -0.39 is 24.8 Å². The van der Waals surface area contributed by atoms with E-state index in [9.17, 15) is 9.59 Å². The van der Waals surface area contributed by atoms with Gasteiger partial charge < -0.3 is 14.4 Å². The highest BCUT2D eigenvalue weighted by Gasteiger charge is 2.58. The van der Waals surface area contributed by atoms with E-state index >= 15 is 4.39 Å². The predicted octanol–water partition coefficient (Wildman–Crippen LogP) is 6.24. The molecule has 1 amide bonds. The van der Waals surface area contributed by atoms with Gasteiger partial charge in [0.25, 0.3) is 5.91 Å². The first-order valence-corrected chi connectivity index (χ1v) is 15.1. The lowest BCUT2D eigenvalue weighted by atomic mass is 10.2. The van der Waals surface area contributed by atoms with E-state index in [1.165, 1.54) is 12.1 Å². The second-order valence-electron chi connectivity index (χ2n) is 10.7. The Morgan fingerprint density at radius 2 is 1.32 bits per heavy atom. The van der Waals surface area contributed by atoms with Gasteiger partial charge in [-0.1, -0.05) is 54.6 Å². The van der Waals surface area contributed by atoms with Crippen LogP contribution in [0.4, 0.5) is 14.9 Å². The second-order valence-corrected chi connectivity index (χ2v) is 14.3. The average Bonchev–Trinajstić information content (AvgIpc) is 3.32. The van der Waals surface area contributed by atoms with Gasteiger partial charge in [0.2, 0.25) is 0 Å². The van der Waals surface area contributed by atoms with Gasteiger partial charge in [-0.15, -0.1) is 0 Å². The zero-order valence-corrected chi connectivity index (χ0v) is 23.7. The van der Waals surface area contributed by atoms with Crippen molar-refractivity contribution in [1.29, 1.82) is 0 Å². The van der Waals surface area contributed by atoms with Crippen LogP contribution in [0.3, 0.4) is 0 Å². The first-order chi connectivity index (χ1) is 19.2. The molecule has 0 saturated carbocycles. The quantitative estimate of drug-likeness (QED) is 0.160. The molecule has 0 aromatic heterocycles. The van der Waals surface area contributed by atoms with Gasteiger partial charge in [0, 0.05) is 24.7 Å². The number of halogens is 1. The van der Waals surface area contributed by atoms with E-state index in [2.05, 4.69) is 36.4 Å². The first-order valence-electron chi connectivity index (χ1n) is 13.3. The lowest BCUT2D eigenvalue weighted by molar-refractivity contribution is -0.116. The van der Waals surface area contributed by atoms with E-state index in [0.29, 0.717) is 18.7 Å². The molecule has 1 aliphatic heterocycles. The van der Waals surface area contributed by atoms with E-state index in [4.69, 9.17) is 9.47 Å². The molecule has 1 heterocycles. The number of anilines is 1. The van der Waals surface area contributed by atoms with Gasteiger partial charge >= 0.3 is 6.16 Å².